The van der Waals surface area contributed by atoms with Gasteiger partial charge in [0.25, 0.3) is 0 Å². The molecule has 1 fully saturated rings. The third-order valence-electron chi connectivity index (χ3n) is 3.38. The topological polar surface area (TPSA) is 27.7 Å². The molecule has 1 heterocycles. The quantitative estimate of drug-likeness (QED) is 0.837. The first-order chi connectivity index (χ1) is 10.0. The standard InChI is InChI=1S/C15H22ClN3OS/c1-18(2)10-8-17-15(21)19-9-7-14(11-19)20-13-5-3-12(16)4-6-13/h3-6,14H,7-11H2,1-2H3,(H,17,21). The van der Waals surface area contributed by atoms with Gasteiger partial charge in [-0.25, -0.2) is 0 Å². The van der Waals surface area contributed by atoms with Crippen LogP contribution in [0.1, 0.15) is 6.42 Å². The Morgan fingerprint density at radius 2 is 2.14 bits per heavy atom. The normalized spacial score (nSPS) is 18.1. The van der Waals surface area contributed by atoms with E-state index in [9.17, 15) is 0 Å². The lowest BCUT2D eigenvalue weighted by Crippen LogP contribution is -2.41. The van der Waals surface area contributed by atoms with Crippen LogP contribution in [0.15, 0.2) is 24.3 Å². The van der Waals surface area contributed by atoms with Gasteiger partial charge in [0, 0.05) is 31.1 Å². The van der Waals surface area contributed by atoms with Crippen LogP contribution in [0, 0.1) is 0 Å². The van der Waals surface area contributed by atoms with Crippen LogP contribution in [0.4, 0.5) is 0 Å². The van der Waals surface area contributed by atoms with Crippen LogP contribution in [0.25, 0.3) is 0 Å². The second-order valence-electron chi connectivity index (χ2n) is 5.46. The van der Waals surface area contributed by atoms with Crippen molar-refractivity contribution in [2.24, 2.45) is 0 Å². The number of likely N-dealkylation sites (N-methyl/N-ethyl adjacent to an activating group) is 1. The fourth-order valence-electron chi connectivity index (χ4n) is 2.21. The molecule has 6 heteroatoms. The van der Waals surface area contributed by atoms with Gasteiger partial charge < -0.3 is 19.9 Å². The third kappa shape index (κ3) is 5.34. The van der Waals surface area contributed by atoms with Crippen molar-refractivity contribution in [2.45, 2.75) is 12.5 Å². The van der Waals surface area contributed by atoms with Crippen molar-refractivity contribution in [1.82, 2.24) is 15.1 Å². The molecule has 1 unspecified atom stereocenters. The zero-order valence-electron chi connectivity index (χ0n) is 12.5. The van der Waals surface area contributed by atoms with Crippen molar-refractivity contribution >= 4 is 28.9 Å². The summed E-state index contributed by atoms with van der Waals surface area (Å²) in [7, 11) is 4.10. The maximum Gasteiger partial charge on any atom is 0.169 e. The minimum atomic E-state index is 0.180. The predicted molar refractivity (Wildman–Crippen MR) is 91.2 cm³/mol. The van der Waals surface area contributed by atoms with E-state index in [0.29, 0.717) is 0 Å². The molecule has 1 saturated heterocycles. The highest BCUT2D eigenvalue weighted by molar-refractivity contribution is 7.80. The molecule has 0 spiro atoms. The van der Waals surface area contributed by atoms with Gasteiger partial charge in [0.05, 0.1) is 6.54 Å². The van der Waals surface area contributed by atoms with Crippen molar-refractivity contribution in [1.29, 1.82) is 0 Å². The minimum Gasteiger partial charge on any atom is -0.489 e. The fourth-order valence-corrected chi connectivity index (χ4v) is 2.61. The van der Waals surface area contributed by atoms with E-state index in [2.05, 4.69) is 29.2 Å². The monoisotopic (exact) mass is 327 g/mol. The van der Waals surface area contributed by atoms with Gasteiger partial charge in [-0.3, -0.25) is 0 Å². The summed E-state index contributed by atoms with van der Waals surface area (Å²) in [4.78, 5) is 4.30. The number of thiocarbonyl (C=S) groups is 1. The molecule has 21 heavy (non-hydrogen) atoms. The van der Waals surface area contributed by atoms with Gasteiger partial charge in [0.2, 0.25) is 0 Å². The Morgan fingerprint density at radius 1 is 1.43 bits per heavy atom. The molecule has 1 aliphatic rings. The van der Waals surface area contributed by atoms with Crippen molar-refractivity contribution < 1.29 is 4.74 Å². The Hall–Kier alpha value is -1.04. The lowest BCUT2D eigenvalue weighted by molar-refractivity contribution is 0.214. The number of benzene rings is 1. The summed E-state index contributed by atoms with van der Waals surface area (Å²) < 4.78 is 5.96. The fraction of sp³-hybridized carbons (Fsp3) is 0.533. The lowest BCUT2D eigenvalue weighted by Gasteiger charge is -2.21. The maximum atomic E-state index is 5.96. The molecule has 4 nitrogen and oxygen atoms in total. The number of hydrogen-bond donors (Lipinski definition) is 1. The van der Waals surface area contributed by atoms with Crippen LogP contribution in [-0.4, -0.2) is 61.3 Å². The SMILES string of the molecule is CN(C)CCNC(=S)N1CCC(Oc2ccc(Cl)cc2)C1. The van der Waals surface area contributed by atoms with E-state index < -0.39 is 0 Å². The summed E-state index contributed by atoms with van der Waals surface area (Å²) in [6, 6.07) is 7.49. The van der Waals surface area contributed by atoms with Gasteiger partial charge in [0.15, 0.2) is 5.11 Å². The Morgan fingerprint density at radius 3 is 2.81 bits per heavy atom. The van der Waals surface area contributed by atoms with Crippen LogP contribution >= 0.6 is 23.8 Å². The summed E-state index contributed by atoms with van der Waals surface area (Å²) in [5.74, 6) is 0.859. The van der Waals surface area contributed by atoms with Gasteiger partial charge in [-0.2, -0.15) is 0 Å². The van der Waals surface area contributed by atoms with E-state index in [1.54, 1.807) is 0 Å². The Bertz CT molecular complexity index is 466. The van der Waals surface area contributed by atoms with E-state index in [1.807, 2.05) is 24.3 Å². The maximum absolute atomic E-state index is 5.96. The smallest absolute Gasteiger partial charge is 0.169 e. The number of nitrogens with one attached hydrogen (secondary N) is 1. The van der Waals surface area contributed by atoms with Crippen LogP contribution in [0.3, 0.4) is 0 Å². The van der Waals surface area contributed by atoms with Crippen LogP contribution < -0.4 is 10.1 Å². The van der Waals surface area contributed by atoms with Crippen molar-refractivity contribution in [3.8, 4) is 5.75 Å². The highest BCUT2D eigenvalue weighted by atomic mass is 35.5. The molecule has 0 bridgehead atoms. The van der Waals surface area contributed by atoms with Gasteiger partial charge in [-0.1, -0.05) is 11.6 Å². The summed E-state index contributed by atoms with van der Waals surface area (Å²) >= 11 is 11.3. The van der Waals surface area contributed by atoms with Gasteiger partial charge >= 0.3 is 0 Å². The van der Waals surface area contributed by atoms with Crippen LogP contribution in [-0.2, 0) is 0 Å². The number of halogens is 1. The zero-order valence-corrected chi connectivity index (χ0v) is 14.1. The molecule has 2 rings (SSSR count). The van der Waals surface area contributed by atoms with Crippen molar-refractivity contribution in [2.75, 3.05) is 40.3 Å². The molecule has 0 saturated carbocycles. The summed E-state index contributed by atoms with van der Waals surface area (Å²) in [5.41, 5.74) is 0. The molecular formula is C15H22ClN3OS. The largest absolute Gasteiger partial charge is 0.489 e. The molecule has 1 N–H and O–H groups in total. The van der Waals surface area contributed by atoms with Crippen LogP contribution in [0.2, 0.25) is 5.02 Å². The lowest BCUT2D eigenvalue weighted by atomic mass is 10.3. The number of likely N-dealkylation sites (tertiary alicyclic amines) is 1. The summed E-state index contributed by atoms with van der Waals surface area (Å²) in [5, 5.41) is 4.83. The van der Waals surface area contributed by atoms with Crippen molar-refractivity contribution in [3.63, 3.8) is 0 Å². The van der Waals surface area contributed by atoms with Crippen molar-refractivity contribution in [3.05, 3.63) is 29.3 Å². The molecule has 116 valence electrons. The second-order valence-corrected chi connectivity index (χ2v) is 6.29. The highest BCUT2D eigenvalue weighted by Gasteiger charge is 2.25. The number of nitrogens with zero attached hydrogens (tertiary/aromatic N) is 2. The van der Waals surface area contributed by atoms with Gasteiger partial charge in [-0.05, 0) is 50.6 Å². The summed E-state index contributed by atoms with van der Waals surface area (Å²) in [6.07, 6.45) is 1.16. The average molecular weight is 328 g/mol. The molecule has 1 aromatic rings. The average Bonchev–Trinajstić information content (AvgIpc) is 2.89. The number of rotatable bonds is 5. The van der Waals surface area contributed by atoms with E-state index in [0.717, 1.165) is 48.5 Å². The molecule has 1 aromatic carbocycles. The molecule has 0 aromatic heterocycles. The minimum absolute atomic E-state index is 0.180. The molecule has 0 radical (unpaired) electrons. The Labute approximate surface area is 137 Å². The van der Waals surface area contributed by atoms with E-state index in [4.69, 9.17) is 28.6 Å². The van der Waals surface area contributed by atoms with E-state index in [-0.39, 0.29) is 6.10 Å². The molecular weight excluding hydrogens is 306 g/mol. The predicted octanol–water partition coefficient (Wildman–Crippen LogP) is 2.23. The van der Waals surface area contributed by atoms with Crippen LogP contribution in [0.5, 0.6) is 5.75 Å². The third-order valence-corrected chi connectivity index (χ3v) is 4.04. The molecule has 0 amide bonds. The molecule has 1 atom stereocenters. The first-order valence-corrected chi connectivity index (χ1v) is 7.93. The first-order valence-electron chi connectivity index (χ1n) is 7.14. The van der Waals surface area contributed by atoms with E-state index >= 15 is 0 Å². The highest BCUT2D eigenvalue weighted by Crippen LogP contribution is 2.20. The molecule has 1 aliphatic heterocycles. The Kier molecular flexibility index (Phi) is 6.08. The molecule has 0 aliphatic carbocycles. The van der Waals surface area contributed by atoms with E-state index in [1.165, 1.54) is 0 Å². The number of ether oxygens (including phenoxy) is 1. The first kappa shape index (κ1) is 16.3. The number of hydrogen-bond acceptors (Lipinski definition) is 3. The summed E-state index contributed by atoms with van der Waals surface area (Å²) in [6.45, 7) is 3.60. The van der Waals surface area contributed by atoms with Gasteiger partial charge in [-0.15, -0.1) is 0 Å². The Balaban J connectivity index is 1.75. The zero-order chi connectivity index (χ0) is 15.2. The second kappa shape index (κ2) is 7.82. The van der Waals surface area contributed by atoms with Gasteiger partial charge in [0.1, 0.15) is 11.9 Å².